The lowest BCUT2D eigenvalue weighted by atomic mass is 10.3. The minimum atomic E-state index is -2.61. The molecule has 0 fully saturated rings. The SMILES string of the molecule is [2H]C([2H])(O)[C@@]([2H])(N)CC.[2H][C@](N)(CO)C(=O)O. The van der Waals surface area contributed by atoms with E-state index in [0.717, 1.165) is 0 Å². The molecule has 6 nitrogen and oxygen atoms in total. The van der Waals surface area contributed by atoms with Crippen LogP contribution in [0.3, 0.4) is 0 Å². The van der Waals surface area contributed by atoms with Crippen molar-refractivity contribution in [3.63, 3.8) is 0 Å². The second kappa shape index (κ2) is 9.40. The summed E-state index contributed by atoms with van der Waals surface area (Å²) in [5, 5.41) is 24.6. The third-order valence-electron chi connectivity index (χ3n) is 0.970. The van der Waals surface area contributed by atoms with Crippen molar-refractivity contribution in [1.29, 1.82) is 0 Å². The molecule has 80 valence electrons. The molecular formula is C7H18N2O4. The molecule has 0 aromatic rings. The van der Waals surface area contributed by atoms with Crippen LogP contribution in [0.5, 0.6) is 0 Å². The van der Waals surface area contributed by atoms with Gasteiger partial charge in [-0.3, -0.25) is 4.79 Å². The normalized spacial score (nSPS) is 24.4. The molecule has 0 unspecified atom stereocenters. The molecule has 0 bridgehead atoms. The van der Waals surface area contributed by atoms with Crippen molar-refractivity contribution in [2.45, 2.75) is 25.4 Å². The van der Waals surface area contributed by atoms with Gasteiger partial charge >= 0.3 is 5.97 Å². The smallest absolute Gasteiger partial charge is 0.322 e. The Hall–Kier alpha value is -0.690. The average molecular weight is 198 g/mol. The average Bonchev–Trinajstić information content (AvgIpc) is 2.16. The van der Waals surface area contributed by atoms with E-state index >= 15 is 0 Å². The number of carbonyl (C=O) groups is 1. The lowest BCUT2D eigenvalue weighted by Gasteiger charge is -1.98. The van der Waals surface area contributed by atoms with E-state index in [1.165, 1.54) is 0 Å². The number of aliphatic carboxylic acids is 1. The number of hydrogen-bond acceptors (Lipinski definition) is 5. The third-order valence-corrected chi connectivity index (χ3v) is 0.970. The topological polar surface area (TPSA) is 130 Å². The number of rotatable bonds is 4. The zero-order valence-electron chi connectivity index (χ0n) is 11.3. The van der Waals surface area contributed by atoms with Crippen LogP contribution < -0.4 is 11.5 Å². The maximum atomic E-state index is 9.78. The van der Waals surface area contributed by atoms with Crippen LogP contribution in [-0.4, -0.2) is 46.5 Å². The van der Waals surface area contributed by atoms with E-state index in [2.05, 4.69) is 5.73 Å². The van der Waals surface area contributed by atoms with Gasteiger partial charge in [0.2, 0.25) is 0 Å². The summed E-state index contributed by atoms with van der Waals surface area (Å²) in [4.78, 5) is 9.78. The summed E-state index contributed by atoms with van der Waals surface area (Å²) >= 11 is 0. The Morgan fingerprint density at radius 2 is 2.08 bits per heavy atom. The molecule has 0 spiro atoms. The first-order valence-corrected chi connectivity index (χ1v) is 3.46. The monoisotopic (exact) mass is 198 g/mol. The zero-order valence-corrected chi connectivity index (χ0v) is 7.32. The van der Waals surface area contributed by atoms with E-state index in [4.69, 9.17) is 26.5 Å². The van der Waals surface area contributed by atoms with Gasteiger partial charge in [-0.25, -0.2) is 0 Å². The molecule has 0 amide bonds. The molecule has 0 rings (SSSR count). The summed E-state index contributed by atoms with van der Waals surface area (Å²) in [6.07, 6.45) is 0.0799. The zero-order chi connectivity index (χ0) is 14.5. The quantitative estimate of drug-likeness (QED) is 0.359. The minimum absolute atomic E-state index is 0.0799. The van der Waals surface area contributed by atoms with Crippen LogP contribution in [0, 0.1) is 0 Å². The molecule has 2 atom stereocenters. The predicted molar refractivity (Wildman–Crippen MR) is 48.0 cm³/mol. The van der Waals surface area contributed by atoms with E-state index in [1.54, 1.807) is 6.92 Å². The van der Waals surface area contributed by atoms with Crippen LogP contribution in [0.4, 0.5) is 0 Å². The minimum Gasteiger partial charge on any atom is -0.480 e. The van der Waals surface area contributed by atoms with Gasteiger partial charge in [0.25, 0.3) is 0 Å². The van der Waals surface area contributed by atoms with Gasteiger partial charge < -0.3 is 26.8 Å². The number of aliphatic hydroxyl groups is 2. The summed E-state index contributed by atoms with van der Waals surface area (Å²) in [7, 11) is 0. The highest BCUT2D eigenvalue weighted by Gasteiger charge is 2.06. The summed E-state index contributed by atoms with van der Waals surface area (Å²) in [5.41, 5.74) is 9.71. The summed E-state index contributed by atoms with van der Waals surface area (Å²) in [6.45, 7) is -1.94. The van der Waals surface area contributed by atoms with Gasteiger partial charge in [0.15, 0.2) is 0 Å². The molecule has 7 N–H and O–H groups in total. The summed E-state index contributed by atoms with van der Waals surface area (Å²) in [5.74, 6) is -1.53. The number of carboxylic acids is 1. The molecule has 0 radical (unpaired) electrons. The van der Waals surface area contributed by atoms with Crippen LogP contribution in [0.2, 0.25) is 0 Å². The Labute approximate surface area is 82.8 Å². The summed E-state index contributed by atoms with van der Waals surface area (Å²) in [6, 6.07) is -4.12. The fraction of sp³-hybridized carbons (Fsp3) is 0.857. The second-order valence-corrected chi connectivity index (χ2v) is 1.98. The highest BCUT2D eigenvalue weighted by Crippen LogP contribution is 1.79. The van der Waals surface area contributed by atoms with Crippen LogP contribution in [0.1, 0.15) is 18.8 Å². The molecule has 0 aliphatic heterocycles. The highest BCUT2D eigenvalue weighted by molar-refractivity contribution is 5.73. The van der Waals surface area contributed by atoms with Gasteiger partial charge in [-0.1, -0.05) is 6.92 Å². The second-order valence-electron chi connectivity index (χ2n) is 1.98. The Balaban J connectivity index is 0. The van der Waals surface area contributed by atoms with E-state index in [-0.39, 0.29) is 6.42 Å². The van der Waals surface area contributed by atoms with Crippen LogP contribution >= 0.6 is 0 Å². The maximum absolute atomic E-state index is 9.78. The van der Waals surface area contributed by atoms with E-state index in [0.29, 0.717) is 0 Å². The molecule has 0 aromatic carbocycles. The van der Waals surface area contributed by atoms with E-state index in [1.807, 2.05) is 0 Å². The fourth-order valence-corrected chi connectivity index (χ4v) is 0.147. The molecule has 0 aromatic heterocycles. The van der Waals surface area contributed by atoms with Crippen molar-refractivity contribution >= 4 is 5.97 Å². The lowest BCUT2D eigenvalue weighted by molar-refractivity contribution is -0.139. The first-order chi connectivity index (χ1) is 7.31. The van der Waals surface area contributed by atoms with Crippen molar-refractivity contribution in [1.82, 2.24) is 0 Å². The third kappa shape index (κ3) is 11.3. The highest BCUT2D eigenvalue weighted by atomic mass is 16.4. The van der Waals surface area contributed by atoms with E-state index < -0.39 is 31.2 Å². The Bertz CT molecular complexity index is 255. The first kappa shape index (κ1) is 7.69. The lowest BCUT2D eigenvalue weighted by Crippen LogP contribution is -2.33. The molecule has 0 aliphatic carbocycles. The largest absolute Gasteiger partial charge is 0.480 e. The van der Waals surface area contributed by atoms with Gasteiger partial charge in [0, 0.05) is 7.39 Å². The molecule has 0 heterocycles. The Morgan fingerprint density at radius 1 is 1.62 bits per heavy atom. The summed E-state index contributed by atoms with van der Waals surface area (Å²) < 4.78 is 26.8. The van der Waals surface area contributed by atoms with Crippen molar-refractivity contribution in [3.8, 4) is 0 Å². The van der Waals surface area contributed by atoms with Crippen molar-refractivity contribution < 1.29 is 25.6 Å². The molecule has 0 aliphatic rings. The number of carboxylic acid groups (broad SMARTS) is 1. The molecule has 6 heteroatoms. The van der Waals surface area contributed by atoms with E-state index in [9.17, 15) is 4.79 Å². The van der Waals surface area contributed by atoms with Crippen LogP contribution in [0.25, 0.3) is 0 Å². The van der Waals surface area contributed by atoms with Gasteiger partial charge in [0.05, 0.1) is 17.3 Å². The molecule has 13 heavy (non-hydrogen) atoms. The van der Waals surface area contributed by atoms with Gasteiger partial charge in [0.1, 0.15) is 6.02 Å². The standard InChI is InChI=1S/C4H11NO.C3H7NO3/c1-2-4(5)3-6;4-2(1-5)3(6)7/h4,6H,2-3,5H2,1H3;2,5H,1,4H2,(H,6,7)/t4-;2-/m00/s1/i3D2,4D;2D. The Morgan fingerprint density at radius 3 is 2.08 bits per heavy atom. The van der Waals surface area contributed by atoms with Gasteiger partial charge in [-0.15, -0.1) is 0 Å². The molecule has 0 saturated heterocycles. The fourth-order valence-electron chi connectivity index (χ4n) is 0.147. The Kier molecular flexibility index (Phi) is 5.56. The first-order valence-electron chi connectivity index (χ1n) is 5.46. The number of aliphatic hydroxyl groups excluding tert-OH is 1. The number of hydrogen-bond donors (Lipinski definition) is 5. The molecule has 0 saturated carbocycles. The van der Waals surface area contributed by atoms with Crippen molar-refractivity contribution in [2.24, 2.45) is 11.5 Å². The van der Waals surface area contributed by atoms with Crippen LogP contribution in [-0.2, 0) is 4.79 Å². The predicted octanol–water partition coefficient (Wildman–Crippen LogP) is -1.89. The van der Waals surface area contributed by atoms with Crippen molar-refractivity contribution in [2.75, 3.05) is 13.2 Å². The van der Waals surface area contributed by atoms with Gasteiger partial charge in [-0.05, 0) is 6.42 Å². The number of nitrogens with two attached hydrogens (primary N) is 2. The van der Waals surface area contributed by atoms with Gasteiger partial charge in [-0.2, -0.15) is 0 Å². The maximum Gasteiger partial charge on any atom is 0.322 e. The molecular weight excluding hydrogens is 176 g/mol. The van der Waals surface area contributed by atoms with Crippen LogP contribution in [0.15, 0.2) is 0 Å². The van der Waals surface area contributed by atoms with Crippen molar-refractivity contribution in [3.05, 3.63) is 0 Å².